The van der Waals surface area contributed by atoms with Gasteiger partial charge in [-0.3, -0.25) is 4.90 Å². The molecule has 16 heavy (non-hydrogen) atoms. The van der Waals surface area contributed by atoms with E-state index < -0.39 is 0 Å². The minimum atomic E-state index is 0.203. The van der Waals surface area contributed by atoms with Gasteiger partial charge in [-0.1, -0.05) is 13.3 Å². The van der Waals surface area contributed by atoms with Crippen LogP contribution in [0.3, 0.4) is 0 Å². The van der Waals surface area contributed by atoms with Crippen LogP contribution in [0, 0.1) is 0 Å². The summed E-state index contributed by atoms with van der Waals surface area (Å²) in [6, 6.07) is 0.621. The number of likely N-dealkylation sites (N-methyl/N-ethyl adjacent to an activating group) is 1. The number of hydrogen-bond acceptors (Lipinski definition) is 3. The highest BCUT2D eigenvalue weighted by molar-refractivity contribution is 5.04. The lowest BCUT2D eigenvalue weighted by molar-refractivity contribution is -0.103. The molecule has 0 spiro atoms. The fourth-order valence-corrected chi connectivity index (χ4v) is 2.82. The van der Waals surface area contributed by atoms with Crippen molar-refractivity contribution < 1.29 is 4.74 Å². The van der Waals surface area contributed by atoms with Crippen molar-refractivity contribution in [2.75, 3.05) is 20.2 Å². The van der Waals surface area contributed by atoms with Crippen molar-refractivity contribution in [2.45, 2.75) is 64.1 Å². The molecule has 2 N–H and O–H groups in total. The molecule has 3 nitrogen and oxygen atoms in total. The molecule has 1 unspecified atom stereocenters. The van der Waals surface area contributed by atoms with Crippen LogP contribution < -0.4 is 5.73 Å². The van der Waals surface area contributed by atoms with Crippen molar-refractivity contribution in [1.82, 2.24) is 4.90 Å². The first kappa shape index (κ1) is 13.9. The second-order valence-electron chi connectivity index (χ2n) is 5.16. The van der Waals surface area contributed by atoms with E-state index in [9.17, 15) is 0 Å². The quantitative estimate of drug-likeness (QED) is 0.724. The molecule has 1 saturated carbocycles. The van der Waals surface area contributed by atoms with E-state index in [1.54, 1.807) is 0 Å². The van der Waals surface area contributed by atoms with Crippen LogP contribution in [-0.2, 0) is 4.74 Å². The topological polar surface area (TPSA) is 38.5 Å². The molecule has 0 aromatic rings. The number of ether oxygens (including phenoxy) is 1. The monoisotopic (exact) mass is 228 g/mol. The van der Waals surface area contributed by atoms with E-state index >= 15 is 0 Å². The Bertz CT molecular complexity index is 202. The van der Waals surface area contributed by atoms with E-state index in [-0.39, 0.29) is 5.54 Å². The summed E-state index contributed by atoms with van der Waals surface area (Å²) in [5.74, 6) is 0. The Hall–Kier alpha value is -0.120. The first-order valence-corrected chi connectivity index (χ1v) is 6.64. The molecule has 0 aromatic heterocycles. The lowest BCUT2D eigenvalue weighted by Crippen LogP contribution is -2.64. The van der Waals surface area contributed by atoms with Gasteiger partial charge in [0.2, 0.25) is 0 Å². The molecular weight excluding hydrogens is 200 g/mol. The zero-order chi connectivity index (χ0) is 12.2. The molecule has 0 aliphatic heterocycles. The van der Waals surface area contributed by atoms with Crippen molar-refractivity contribution >= 4 is 0 Å². The molecule has 96 valence electrons. The van der Waals surface area contributed by atoms with Gasteiger partial charge in [-0.15, -0.1) is 0 Å². The summed E-state index contributed by atoms with van der Waals surface area (Å²) in [6.45, 7) is 8.17. The highest BCUT2D eigenvalue weighted by Gasteiger charge is 2.47. The van der Waals surface area contributed by atoms with E-state index in [0.717, 1.165) is 26.0 Å². The number of nitrogens with two attached hydrogens (primary N) is 1. The summed E-state index contributed by atoms with van der Waals surface area (Å²) in [6.07, 6.45) is 5.12. The first-order chi connectivity index (χ1) is 7.59. The maximum Gasteiger partial charge on any atom is 0.0611 e. The van der Waals surface area contributed by atoms with E-state index in [1.165, 1.54) is 12.8 Å². The zero-order valence-electron chi connectivity index (χ0n) is 11.3. The van der Waals surface area contributed by atoms with Gasteiger partial charge in [-0.2, -0.15) is 0 Å². The highest BCUT2D eigenvalue weighted by atomic mass is 16.5. The van der Waals surface area contributed by atoms with Crippen LogP contribution in [0.25, 0.3) is 0 Å². The van der Waals surface area contributed by atoms with Crippen LogP contribution in [-0.4, -0.2) is 42.8 Å². The molecule has 1 rings (SSSR count). The van der Waals surface area contributed by atoms with Crippen LogP contribution in [0.1, 0.15) is 46.5 Å². The summed E-state index contributed by atoms with van der Waals surface area (Å²) < 4.78 is 5.64. The van der Waals surface area contributed by atoms with Gasteiger partial charge in [-0.25, -0.2) is 0 Å². The predicted molar refractivity (Wildman–Crippen MR) is 68.6 cm³/mol. The molecule has 0 aromatic carbocycles. The third-order valence-electron chi connectivity index (χ3n) is 4.11. The molecule has 1 aliphatic carbocycles. The molecule has 1 atom stereocenters. The Labute approximate surface area is 100 Å². The fraction of sp³-hybridized carbons (Fsp3) is 1.00. The molecule has 0 amide bonds. The second-order valence-corrected chi connectivity index (χ2v) is 5.16. The third kappa shape index (κ3) is 2.76. The first-order valence-electron chi connectivity index (χ1n) is 6.64. The van der Waals surface area contributed by atoms with E-state index in [1.807, 2.05) is 0 Å². The minimum Gasteiger partial charge on any atom is -0.378 e. The van der Waals surface area contributed by atoms with Crippen molar-refractivity contribution in [3.8, 4) is 0 Å². The van der Waals surface area contributed by atoms with Gasteiger partial charge < -0.3 is 10.5 Å². The Balaban J connectivity index is 2.49. The van der Waals surface area contributed by atoms with Crippen LogP contribution in [0.15, 0.2) is 0 Å². The van der Waals surface area contributed by atoms with Crippen LogP contribution in [0.2, 0.25) is 0 Å². The van der Waals surface area contributed by atoms with Crippen LogP contribution in [0.4, 0.5) is 0 Å². The fourth-order valence-electron chi connectivity index (χ4n) is 2.82. The van der Waals surface area contributed by atoms with Gasteiger partial charge >= 0.3 is 0 Å². The average Bonchev–Trinajstić information content (AvgIpc) is 2.22. The summed E-state index contributed by atoms with van der Waals surface area (Å²) in [7, 11) is 2.22. The maximum absolute atomic E-state index is 5.96. The van der Waals surface area contributed by atoms with Crippen molar-refractivity contribution in [3.05, 3.63) is 0 Å². The van der Waals surface area contributed by atoms with E-state index in [4.69, 9.17) is 10.5 Å². The van der Waals surface area contributed by atoms with Crippen molar-refractivity contribution in [1.29, 1.82) is 0 Å². The molecule has 0 heterocycles. The highest BCUT2D eigenvalue weighted by Crippen LogP contribution is 2.39. The van der Waals surface area contributed by atoms with E-state index in [2.05, 4.69) is 32.7 Å². The van der Waals surface area contributed by atoms with Crippen molar-refractivity contribution in [3.63, 3.8) is 0 Å². The molecule has 1 aliphatic rings. The van der Waals surface area contributed by atoms with Crippen LogP contribution >= 0.6 is 0 Å². The summed E-state index contributed by atoms with van der Waals surface area (Å²) in [5.41, 5.74) is 6.17. The molecule has 0 radical (unpaired) electrons. The lowest BCUT2D eigenvalue weighted by Gasteiger charge is -2.54. The summed E-state index contributed by atoms with van der Waals surface area (Å²) >= 11 is 0. The largest absolute Gasteiger partial charge is 0.378 e. The Morgan fingerprint density at radius 1 is 1.44 bits per heavy atom. The average molecular weight is 228 g/mol. The van der Waals surface area contributed by atoms with E-state index in [0.29, 0.717) is 12.1 Å². The van der Waals surface area contributed by atoms with Gasteiger partial charge in [-0.05, 0) is 40.2 Å². The molecule has 1 fully saturated rings. The Kier molecular flexibility index (Phi) is 5.22. The number of rotatable bonds is 7. The second kappa shape index (κ2) is 5.99. The SMILES string of the molecule is CCCC(C)N(C)C1(CN)CC(OCC)C1. The maximum atomic E-state index is 5.96. The summed E-state index contributed by atoms with van der Waals surface area (Å²) in [4.78, 5) is 2.48. The molecule has 3 heteroatoms. The van der Waals surface area contributed by atoms with Gasteiger partial charge in [0.1, 0.15) is 0 Å². The lowest BCUT2D eigenvalue weighted by atomic mass is 9.72. The van der Waals surface area contributed by atoms with Gasteiger partial charge in [0.15, 0.2) is 0 Å². The molecule has 0 saturated heterocycles. The minimum absolute atomic E-state index is 0.203. The standard InChI is InChI=1S/C13H28N2O/c1-5-7-11(3)15(4)13(10-14)8-12(9-13)16-6-2/h11-12H,5-10,14H2,1-4H3. The van der Waals surface area contributed by atoms with Crippen molar-refractivity contribution in [2.24, 2.45) is 5.73 Å². The number of nitrogens with zero attached hydrogens (tertiary/aromatic N) is 1. The zero-order valence-corrected chi connectivity index (χ0v) is 11.3. The smallest absolute Gasteiger partial charge is 0.0611 e. The van der Waals surface area contributed by atoms with Crippen LogP contribution in [0.5, 0.6) is 0 Å². The Morgan fingerprint density at radius 2 is 2.06 bits per heavy atom. The number of hydrogen-bond donors (Lipinski definition) is 1. The van der Waals surface area contributed by atoms with Gasteiger partial charge in [0.25, 0.3) is 0 Å². The Morgan fingerprint density at radius 3 is 2.50 bits per heavy atom. The summed E-state index contributed by atoms with van der Waals surface area (Å²) in [5, 5.41) is 0. The third-order valence-corrected chi connectivity index (χ3v) is 4.11. The van der Waals surface area contributed by atoms with Gasteiger partial charge in [0.05, 0.1) is 6.10 Å². The predicted octanol–water partition coefficient (Wildman–Crippen LogP) is 2.00. The van der Waals surface area contributed by atoms with Gasteiger partial charge in [0, 0.05) is 24.7 Å². The molecular formula is C13H28N2O. The molecule has 0 bridgehead atoms. The normalized spacial score (nSPS) is 31.5.